The van der Waals surface area contributed by atoms with Gasteiger partial charge in [-0.05, 0) is 47.7 Å². The number of aromatic nitrogens is 2. The Morgan fingerprint density at radius 2 is 1.88 bits per heavy atom. The van der Waals surface area contributed by atoms with E-state index in [1.54, 1.807) is 13.2 Å². The minimum atomic E-state index is -0.0709. The first-order valence-electron chi connectivity index (χ1n) is 11.2. The lowest BCUT2D eigenvalue weighted by Crippen LogP contribution is -2.36. The van der Waals surface area contributed by atoms with E-state index in [-0.39, 0.29) is 36.5 Å². The highest BCUT2D eigenvalue weighted by Crippen LogP contribution is 2.18. The molecule has 0 atom stereocenters. The summed E-state index contributed by atoms with van der Waals surface area (Å²) in [5, 5.41) is 13.9. The second-order valence-electron chi connectivity index (χ2n) is 8.03. The summed E-state index contributed by atoms with van der Waals surface area (Å²) in [6.07, 6.45) is 5.88. The number of rotatable bonds is 10. The Balaban J connectivity index is 0.00000324. The van der Waals surface area contributed by atoms with Crippen molar-refractivity contribution in [2.24, 2.45) is 4.99 Å². The lowest BCUT2D eigenvalue weighted by atomic mass is 10.1. The van der Waals surface area contributed by atoms with Crippen LogP contribution in [0.15, 0.2) is 72.0 Å². The maximum absolute atomic E-state index is 11.8. The molecule has 0 saturated heterocycles. The molecule has 1 aliphatic carbocycles. The number of benzene rings is 2. The first-order chi connectivity index (χ1) is 16.2. The number of hydrogen-bond donors (Lipinski definition) is 3. The van der Waals surface area contributed by atoms with Crippen LogP contribution in [0.25, 0.3) is 0 Å². The van der Waals surface area contributed by atoms with E-state index in [9.17, 15) is 4.79 Å². The molecule has 1 saturated carbocycles. The van der Waals surface area contributed by atoms with Crippen LogP contribution in [0.1, 0.15) is 29.5 Å². The zero-order valence-electron chi connectivity index (χ0n) is 19.2. The number of carbonyl (C=O) groups is 1. The number of aliphatic imine (C=N–C) groups is 1. The topological polar surface area (TPSA) is 92.6 Å². The molecule has 2 aromatic carbocycles. The smallest absolute Gasteiger partial charge is 0.258 e. The summed E-state index contributed by atoms with van der Waals surface area (Å²) in [5.41, 5.74) is 3.44. The van der Waals surface area contributed by atoms with Gasteiger partial charge in [-0.3, -0.25) is 14.5 Å². The molecule has 34 heavy (non-hydrogen) atoms. The minimum absolute atomic E-state index is 0. The predicted octanol–water partition coefficient (Wildman–Crippen LogP) is 3.07. The Labute approximate surface area is 217 Å². The summed E-state index contributed by atoms with van der Waals surface area (Å²) >= 11 is 0. The van der Waals surface area contributed by atoms with Crippen molar-refractivity contribution in [1.82, 2.24) is 25.7 Å². The molecule has 1 aliphatic rings. The third-order valence-electron chi connectivity index (χ3n) is 5.35. The van der Waals surface area contributed by atoms with Crippen LogP contribution in [0.2, 0.25) is 0 Å². The van der Waals surface area contributed by atoms with E-state index in [0.29, 0.717) is 30.8 Å². The summed E-state index contributed by atoms with van der Waals surface area (Å²) in [6, 6.07) is 18.3. The first-order valence-corrected chi connectivity index (χ1v) is 11.2. The van der Waals surface area contributed by atoms with Crippen molar-refractivity contribution in [3.8, 4) is 5.75 Å². The fourth-order valence-electron chi connectivity index (χ4n) is 3.43. The molecule has 1 amide bonds. The molecular formula is C25H31IN6O2. The average molecular weight is 574 g/mol. The molecule has 3 N–H and O–H groups in total. The van der Waals surface area contributed by atoms with E-state index in [2.05, 4.69) is 38.2 Å². The second-order valence-corrected chi connectivity index (χ2v) is 8.03. The van der Waals surface area contributed by atoms with E-state index in [1.165, 1.54) is 11.1 Å². The normalized spacial score (nSPS) is 13.0. The highest BCUT2D eigenvalue weighted by molar-refractivity contribution is 14.0. The average Bonchev–Trinajstić information content (AvgIpc) is 3.50. The minimum Gasteiger partial charge on any atom is -0.484 e. The molecule has 0 spiro atoms. The van der Waals surface area contributed by atoms with Gasteiger partial charge in [0, 0.05) is 38.6 Å². The highest BCUT2D eigenvalue weighted by Gasteiger charge is 2.23. The van der Waals surface area contributed by atoms with Gasteiger partial charge in [0.1, 0.15) is 5.75 Å². The van der Waals surface area contributed by atoms with Crippen molar-refractivity contribution < 1.29 is 9.53 Å². The number of amides is 1. The molecule has 1 heterocycles. The van der Waals surface area contributed by atoms with Crippen LogP contribution in [-0.2, 0) is 24.4 Å². The standard InChI is InChI=1S/C25H30N6O2.HI/c1-26-25(28-16-20-7-2-3-8-21(20)17-31-13-5-12-29-31)27-15-19-6-4-9-23(14-19)33-18-24(32)30-22-10-11-22;/h2-9,12-14,22H,10-11,15-18H2,1H3,(H,30,32)(H2,26,27,28);1H. The number of carbonyl (C=O) groups excluding carboxylic acids is 1. The molecule has 0 unspecified atom stereocenters. The van der Waals surface area contributed by atoms with Gasteiger partial charge in [0.15, 0.2) is 12.6 Å². The van der Waals surface area contributed by atoms with Gasteiger partial charge < -0.3 is 20.7 Å². The van der Waals surface area contributed by atoms with Crippen LogP contribution in [0.4, 0.5) is 0 Å². The fourth-order valence-corrected chi connectivity index (χ4v) is 3.43. The van der Waals surface area contributed by atoms with Crippen molar-refractivity contribution in [1.29, 1.82) is 0 Å². The Morgan fingerprint density at radius 3 is 2.62 bits per heavy atom. The van der Waals surface area contributed by atoms with Crippen LogP contribution in [-0.4, -0.2) is 41.3 Å². The van der Waals surface area contributed by atoms with Gasteiger partial charge in [-0.2, -0.15) is 5.10 Å². The van der Waals surface area contributed by atoms with E-state index in [0.717, 1.165) is 24.9 Å². The van der Waals surface area contributed by atoms with Crippen LogP contribution in [0.5, 0.6) is 5.75 Å². The van der Waals surface area contributed by atoms with Gasteiger partial charge >= 0.3 is 0 Å². The number of nitrogens with zero attached hydrogens (tertiary/aromatic N) is 3. The maximum Gasteiger partial charge on any atom is 0.258 e. The molecule has 9 heteroatoms. The van der Waals surface area contributed by atoms with Crippen LogP contribution in [0, 0.1) is 0 Å². The monoisotopic (exact) mass is 574 g/mol. The molecule has 1 fully saturated rings. The fraction of sp³-hybridized carbons (Fsp3) is 0.320. The largest absolute Gasteiger partial charge is 0.484 e. The molecule has 0 radical (unpaired) electrons. The summed E-state index contributed by atoms with van der Waals surface area (Å²) in [6.45, 7) is 1.99. The van der Waals surface area contributed by atoms with Crippen molar-refractivity contribution in [2.45, 2.75) is 38.5 Å². The lowest BCUT2D eigenvalue weighted by molar-refractivity contribution is -0.123. The molecule has 1 aromatic heterocycles. The first kappa shape index (κ1) is 25.5. The second kappa shape index (κ2) is 13.0. The zero-order chi connectivity index (χ0) is 22.9. The Morgan fingerprint density at radius 1 is 1.09 bits per heavy atom. The van der Waals surface area contributed by atoms with Crippen molar-refractivity contribution >= 4 is 35.8 Å². The van der Waals surface area contributed by atoms with Gasteiger partial charge in [0.2, 0.25) is 0 Å². The number of guanidine groups is 1. The Hall–Kier alpha value is -3.08. The summed E-state index contributed by atoms with van der Waals surface area (Å²) in [7, 11) is 1.75. The summed E-state index contributed by atoms with van der Waals surface area (Å²) in [5.74, 6) is 1.31. The number of nitrogens with one attached hydrogen (secondary N) is 3. The van der Waals surface area contributed by atoms with Gasteiger partial charge in [-0.25, -0.2) is 0 Å². The molecule has 4 rings (SSSR count). The third kappa shape index (κ3) is 8.05. The maximum atomic E-state index is 11.8. The van der Waals surface area contributed by atoms with Gasteiger partial charge in [0.05, 0.1) is 6.54 Å². The quantitative estimate of drug-likeness (QED) is 0.197. The molecule has 0 bridgehead atoms. The number of ether oxygens (including phenoxy) is 1. The van der Waals surface area contributed by atoms with Crippen molar-refractivity contribution in [3.05, 3.63) is 83.7 Å². The van der Waals surface area contributed by atoms with Crippen LogP contribution < -0.4 is 20.7 Å². The van der Waals surface area contributed by atoms with Gasteiger partial charge in [-0.1, -0.05) is 36.4 Å². The SMILES string of the molecule is CN=C(NCc1cccc(OCC(=O)NC2CC2)c1)NCc1ccccc1Cn1cccn1.I. The highest BCUT2D eigenvalue weighted by atomic mass is 127. The summed E-state index contributed by atoms with van der Waals surface area (Å²) in [4.78, 5) is 16.2. The van der Waals surface area contributed by atoms with Crippen LogP contribution >= 0.6 is 24.0 Å². The van der Waals surface area contributed by atoms with Gasteiger partial charge in [0.25, 0.3) is 5.91 Å². The Bertz CT molecular complexity index is 1080. The third-order valence-corrected chi connectivity index (χ3v) is 5.35. The van der Waals surface area contributed by atoms with E-state index in [1.807, 2.05) is 53.3 Å². The van der Waals surface area contributed by atoms with E-state index in [4.69, 9.17) is 4.74 Å². The summed E-state index contributed by atoms with van der Waals surface area (Å²) < 4.78 is 7.55. The zero-order valence-corrected chi connectivity index (χ0v) is 21.6. The van der Waals surface area contributed by atoms with Gasteiger partial charge in [-0.15, -0.1) is 24.0 Å². The molecule has 8 nitrogen and oxygen atoms in total. The van der Waals surface area contributed by atoms with Crippen LogP contribution in [0.3, 0.4) is 0 Å². The van der Waals surface area contributed by atoms with E-state index < -0.39 is 0 Å². The van der Waals surface area contributed by atoms with Crippen molar-refractivity contribution in [3.63, 3.8) is 0 Å². The molecule has 180 valence electrons. The predicted molar refractivity (Wildman–Crippen MR) is 143 cm³/mol. The molecular weight excluding hydrogens is 543 g/mol. The number of halogens is 1. The lowest BCUT2D eigenvalue weighted by Gasteiger charge is -2.15. The Kier molecular flexibility index (Phi) is 9.75. The van der Waals surface area contributed by atoms with Crippen molar-refractivity contribution in [2.75, 3.05) is 13.7 Å². The number of hydrogen-bond acceptors (Lipinski definition) is 4. The molecule has 3 aromatic rings. The molecule has 0 aliphatic heterocycles. The van der Waals surface area contributed by atoms with E-state index >= 15 is 0 Å².